The Morgan fingerprint density at radius 3 is 2.41 bits per heavy atom. The van der Waals surface area contributed by atoms with Gasteiger partial charge in [0.15, 0.2) is 10.6 Å². The third kappa shape index (κ3) is 4.20. The summed E-state index contributed by atoms with van der Waals surface area (Å²) in [6, 6.07) is 15.9. The van der Waals surface area contributed by atoms with Crippen LogP contribution in [-0.4, -0.2) is 40.5 Å². The van der Waals surface area contributed by atoms with Crippen molar-refractivity contribution in [3.63, 3.8) is 0 Å². The zero-order valence-electron chi connectivity index (χ0n) is 16.0. The summed E-state index contributed by atoms with van der Waals surface area (Å²) in [5.41, 5.74) is 2.12. The zero-order valence-corrected chi connectivity index (χ0v) is 16.9. The van der Waals surface area contributed by atoms with Gasteiger partial charge in [0.1, 0.15) is 11.5 Å². The molecule has 2 aromatic carbocycles. The lowest BCUT2D eigenvalue weighted by Crippen LogP contribution is -2.22. The highest BCUT2D eigenvalue weighted by Gasteiger charge is 2.14. The van der Waals surface area contributed by atoms with E-state index in [2.05, 4.69) is 17.0 Å². The number of benzene rings is 2. The first-order chi connectivity index (χ1) is 13.0. The van der Waals surface area contributed by atoms with Crippen LogP contribution in [0.15, 0.2) is 48.5 Å². The number of hydrogen-bond donors (Lipinski definition) is 0. The minimum Gasteiger partial charge on any atom is -0.497 e. The highest BCUT2D eigenvalue weighted by Crippen LogP contribution is 2.28. The summed E-state index contributed by atoms with van der Waals surface area (Å²) in [7, 11) is 7.30. The average Bonchev–Trinajstić information content (AvgIpc) is 2.96. The molecule has 0 saturated heterocycles. The molecule has 0 atom stereocenters. The van der Waals surface area contributed by atoms with Crippen LogP contribution in [0.3, 0.4) is 0 Å². The van der Waals surface area contributed by atoms with Gasteiger partial charge in [0.2, 0.25) is 0 Å². The van der Waals surface area contributed by atoms with Gasteiger partial charge in [-0.25, -0.2) is 4.68 Å². The van der Waals surface area contributed by atoms with Gasteiger partial charge in [0.25, 0.3) is 0 Å². The van der Waals surface area contributed by atoms with Gasteiger partial charge in [-0.15, -0.1) is 0 Å². The number of para-hydroxylation sites is 1. The molecule has 0 unspecified atom stereocenters. The van der Waals surface area contributed by atoms with E-state index in [0.29, 0.717) is 11.4 Å². The minimum absolute atomic E-state index is 0.591. The number of ether oxygens (including phenoxy) is 2. The zero-order chi connectivity index (χ0) is 19.4. The van der Waals surface area contributed by atoms with Crippen molar-refractivity contribution in [3.05, 3.63) is 58.9 Å². The van der Waals surface area contributed by atoms with E-state index in [0.717, 1.165) is 29.4 Å². The lowest BCUT2D eigenvalue weighted by Gasteiger charge is -2.16. The van der Waals surface area contributed by atoms with Crippen LogP contribution in [0.2, 0.25) is 0 Å². The van der Waals surface area contributed by atoms with Crippen molar-refractivity contribution in [3.8, 4) is 22.9 Å². The molecular weight excluding hydrogens is 360 g/mol. The van der Waals surface area contributed by atoms with E-state index in [1.165, 1.54) is 5.56 Å². The van der Waals surface area contributed by atoms with Crippen molar-refractivity contribution in [2.24, 2.45) is 7.05 Å². The van der Waals surface area contributed by atoms with Crippen molar-refractivity contribution >= 4 is 12.2 Å². The monoisotopic (exact) mass is 384 g/mol. The highest BCUT2D eigenvalue weighted by atomic mass is 32.1. The molecule has 27 heavy (non-hydrogen) atoms. The average molecular weight is 385 g/mol. The Labute approximate surface area is 164 Å². The lowest BCUT2D eigenvalue weighted by atomic mass is 10.2. The van der Waals surface area contributed by atoms with Gasteiger partial charge in [-0.3, -0.25) is 4.90 Å². The maximum atomic E-state index is 5.59. The van der Waals surface area contributed by atoms with E-state index in [1.807, 2.05) is 59.7 Å². The largest absolute Gasteiger partial charge is 0.497 e. The molecule has 0 aliphatic rings. The molecular formula is C20H24N4O2S. The van der Waals surface area contributed by atoms with E-state index < -0.39 is 0 Å². The molecule has 0 spiro atoms. The summed E-state index contributed by atoms with van der Waals surface area (Å²) in [5.74, 6) is 2.42. The van der Waals surface area contributed by atoms with Crippen LogP contribution < -0.4 is 9.47 Å². The van der Waals surface area contributed by atoms with Crippen LogP contribution in [0.5, 0.6) is 11.5 Å². The number of methoxy groups -OCH3 is 2. The topological polar surface area (TPSA) is 44.4 Å². The van der Waals surface area contributed by atoms with E-state index in [4.69, 9.17) is 26.8 Å². The van der Waals surface area contributed by atoms with Crippen molar-refractivity contribution in [1.82, 2.24) is 19.2 Å². The molecule has 0 bridgehead atoms. The summed E-state index contributed by atoms with van der Waals surface area (Å²) in [4.78, 5) is 2.16. The molecule has 0 amide bonds. The molecule has 3 aromatic rings. The van der Waals surface area contributed by atoms with Gasteiger partial charge < -0.3 is 14.0 Å². The Hall–Kier alpha value is -2.64. The fourth-order valence-corrected chi connectivity index (χ4v) is 3.15. The van der Waals surface area contributed by atoms with Gasteiger partial charge in [0, 0.05) is 13.6 Å². The molecule has 0 aliphatic heterocycles. The summed E-state index contributed by atoms with van der Waals surface area (Å²) >= 11 is 5.59. The third-order valence-corrected chi connectivity index (χ3v) is 4.86. The Bertz CT molecular complexity index is 963. The Balaban J connectivity index is 1.80. The Morgan fingerprint density at radius 2 is 1.74 bits per heavy atom. The van der Waals surface area contributed by atoms with Crippen LogP contribution in [0.25, 0.3) is 11.4 Å². The van der Waals surface area contributed by atoms with E-state index in [1.54, 1.807) is 14.2 Å². The van der Waals surface area contributed by atoms with Crippen LogP contribution in [-0.2, 0) is 20.3 Å². The van der Waals surface area contributed by atoms with Crippen molar-refractivity contribution < 1.29 is 9.47 Å². The van der Waals surface area contributed by atoms with Crippen LogP contribution in [0.1, 0.15) is 5.56 Å². The molecule has 3 rings (SSSR count). The minimum atomic E-state index is 0.591. The smallest absolute Gasteiger partial charge is 0.199 e. The molecule has 7 heteroatoms. The predicted octanol–water partition coefficient (Wildman–Crippen LogP) is 3.72. The van der Waals surface area contributed by atoms with Crippen molar-refractivity contribution in [1.29, 1.82) is 0 Å². The molecule has 6 nitrogen and oxygen atoms in total. The van der Waals surface area contributed by atoms with E-state index in [-0.39, 0.29) is 0 Å². The Morgan fingerprint density at radius 1 is 1.04 bits per heavy atom. The predicted molar refractivity (Wildman–Crippen MR) is 108 cm³/mol. The summed E-state index contributed by atoms with van der Waals surface area (Å²) in [5, 5.41) is 4.73. The van der Waals surface area contributed by atoms with Gasteiger partial charge in [-0.05, 0) is 49.1 Å². The van der Waals surface area contributed by atoms with Crippen LogP contribution in [0.4, 0.5) is 0 Å². The first-order valence-corrected chi connectivity index (χ1v) is 9.03. The summed E-state index contributed by atoms with van der Waals surface area (Å²) in [6.45, 7) is 1.38. The second-order valence-corrected chi connectivity index (χ2v) is 6.73. The fraction of sp³-hybridized carbons (Fsp3) is 0.300. The molecule has 0 radical (unpaired) electrons. The number of rotatable bonds is 7. The van der Waals surface area contributed by atoms with Crippen molar-refractivity contribution in [2.45, 2.75) is 13.2 Å². The molecule has 1 heterocycles. The number of aromatic nitrogens is 3. The number of hydrogen-bond acceptors (Lipinski definition) is 5. The van der Waals surface area contributed by atoms with E-state index >= 15 is 0 Å². The number of nitrogens with zero attached hydrogens (tertiary/aromatic N) is 4. The fourth-order valence-electron chi connectivity index (χ4n) is 2.97. The molecule has 1 aromatic heterocycles. The lowest BCUT2D eigenvalue weighted by molar-refractivity contribution is 0.244. The summed E-state index contributed by atoms with van der Waals surface area (Å²) in [6.07, 6.45) is 0. The first kappa shape index (κ1) is 19.1. The maximum absolute atomic E-state index is 5.59. The normalized spacial score (nSPS) is 11.0. The SMILES string of the molecule is COc1ccc(CN(C)Cn2nc(-c3ccccc3OC)n(C)c2=S)cc1. The molecule has 142 valence electrons. The van der Waals surface area contributed by atoms with Gasteiger partial charge in [-0.2, -0.15) is 5.10 Å². The van der Waals surface area contributed by atoms with E-state index in [9.17, 15) is 0 Å². The first-order valence-electron chi connectivity index (χ1n) is 8.62. The van der Waals surface area contributed by atoms with Gasteiger partial charge in [-0.1, -0.05) is 24.3 Å². The van der Waals surface area contributed by atoms with Gasteiger partial charge >= 0.3 is 0 Å². The van der Waals surface area contributed by atoms with Crippen LogP contribution >= 0.6 is 12.2 Å². The van der Waals surface area contributed by atoms with Crippen LogP contribution in [0, 0.1) is 4.77 Å². The molecule has 0 saturated carbocycles. The second-order valence-electron chi connectivity index (χ2n) is 6.37. The van der Waals surface area contributed by atoms with Gasteiger partial charge in [0.05, 0.1) is 26.5 Å². The Kier molecular flexibility index (Phi) is 5.93. The molecule has 0 aliphatic carbocycles. The molecule has 0 fully saturated rings. The second kappa shape index (κ2) is 8.37. The quantitative estimate of drug-likeness (QED) is 0.581. The molecule has 0 N–H and O–H groups in total. The third-order valence-electron chi connectivity index (χ3n) is 4.38. The maximum Gasteiger partial charge on any atom is 0.199 e. The summed E-state index contributed by atoms with van der Waals surface area (Å²) < 4.78 is 15.1. The standard InChI is InChI=1S/C20H24N4O2S/c1-22(13-15-9-11-16(25-3)12-10-15)14-24-20(27)23(2)19(21-24)17-7-5-6-8-18(17)26-4/h5-12H,13-14H2,1-4H3. The van der Waals surface area contributed by atoms with Crippen molar-refractivity contribution in [2.75, 3.05) is 21.3 Å². The highest BCUT2D eigenvalue weighted by molar-refractivity contribution is 7.71.